The standard InChI is InChI=1S/C14H23ClN4O/c1-5-6-11-18-13(15)10(4)14(19-11)17-8-12(20)16-7-9(2)3/h9H,5-8H2,1-4H3,(H,16,20)(H,17,18,19). The molecular weight excluding hydrogens is 276 g/mol. The summed E-state index contributed by atoms with van der Waals surface area (Å²) < 4.78 is 0. The Balaban J connectivity index is 2.64. The average Bonchev–Trinajstić information content (AvgIpc) is 2.39. The highest BCUT2D eigenvalue weighted by atomic mass is 35.5. The lowest BCUT2D eigenvalue weighted by atomic mass is 10.2. The van der Waals surface area contributed by atoms with Crippen LogP contribution < -0.4 is 10.6 Å². The molecule has 5 nitrogen and oxygen atoms in total. The minimum absolute atomic E-state index is 0.0510. The summed E-state index contributed by atoms with van der Waals surface area (Å²) in [7, 11) is 0. The van der Waals surface area contributed by atoms with E-state index >= 15 is 0 Å². The number of nitrogens with one attached hydrogen (secondary N) is 2. The summed E-state index contributed by atoms with van der Waals surface area (Å²) in [6, 6.07) is 0. The topological polar surface area (TPSA) is 66.9 Å². The van der Waals surface area contributed by atoms with Crippen LogP contribution in [-0.2, 0) is 11.2 Å². The van der Waals surface area contributed by atoms with E-state index in [1.165, 1.54) is 0 Å². The second-order valence-corrected chi connectivity index (χ2v) is 5.56. The van der Waals surface area contributed by atoms with Gasteiger partial charge in [0.05, 0.1) is 6.54 Å². The molecule has 0 aliphatic heterocycles. The van der Waals surface area contributed by atoms with Gasteiger partial charge in [-0.2, -0.15) is 0 Å². The lowest BCUT2D eigenvalue weighted by Crippen LogP contribution is -2.32. The van der Waals surface area contributed by atoms with Crippen molar-refractivity contribution < 1.29 is 4.79 Å². The Morgan fingerprint density at radius 3 is 2.65 bits per heavy atom. The predicted octanol–water partition coefficient (Wildman–Crippen LogP) is 2.58. The molecule has 0 unspecified atom stereocenters. The lowest BCUT2D eigenvalue weighted by molar-refractivity contribution is -0.119. The van der Waals surface area contributed by atoms with E-state index in [0.717, 1.165) is 18.4 Å². The number of hydrogen-bond donors (Lipinski definition) is 2. The van der Waals surface area contributed by atoms with Crippen LogP contribution in [0.3, 0.4) is 0 Å². The molecule has 2 N–H and O–H groups in total. The van der Waals surface area contributed by atoms with Crippen molar-refractivity contribution in [1.29, 1.82) is 0 Å². The molecule has 0 bridgehead atoms. The van der Waals surface area contributed by atoms with Crippen molar-refractivity contribution in [3.8, 4) is 0 Å². The maximum absolute atomic E-state index is 11.7. The summed E-state index contributed by atoms with van der Waals surface area (Å²) in [5, 5.41) is 6.32. The zero-order valence-corrected chi connectivity index (χ0v) is 13.3. The molecule has 0 aliphatic rings. The van der Waals surface area contributed by atoms with Crippen LogP contribution in [0.15, 0.2) is 0 Å². The third-order valence-corrected chi connectivity index (χ3v) is 3.10. The van der Waals surface area contributed by atoms with Gasteiger partial charge in [0, 0.05) is 18.5 Å². The fraction of sp³-hybridized carbons (Fsp3) is 0.643. The van der Waals surface area contributed by atoms with Gasteiger partial charge in [0.25, 0.3) is 0 Å². The zero-order chi connectivity index (χ0) is 15.1. The number of aromatic nitrogens is 2. The molecule has 0 saturated heterocycles. The Morgan fingerprint density at radius 1 is 1.35 bits per heavy atom. The molecule has 1 rings (SSSR count). The predicted molar refractivity (Wildman–Crippen MR) is 82.1 cm³/mol. The highest BCUT2D eigenvalue weighted by Gasteiger charge is 2.10. The minimum atomic E-state index is -0.0510. The molecule has 112 valence electrons. The molecule has 1 aromatic heterocycles. The van der Waals surface area contributed by atoms with E-state index in [9.17, 15) is 4.79 Å². The molecule has 0 spiro atoms. The molecule has 1 aromatic rings. The zero-order valence-electron chi connectivity index (χ0n) is 12.6. The summed E-state index contributed by atoms with van der Waals surface area (Å²) in [5.41, 5.74) is 0.767. The Bertz CT molecular complexity index is 463. The number of carbonyl (C=O) groups is 1. The molecule has 20 heavy (non-hydrogen) atoms. The van der Waals surface area contributed by atoms with Crippen LogP contribution in [0, 0.1) is 12.8 Å². The monoisotopic (exact) mass is 298 g/mol. The SMILES string of the molecule is CCCc1nc(Cl)c(C)c(NCC(=O)NCC(C)C)n1. The molecule has 0 radical (unpaired) electrons. The third kappa shape index (κ3) is 5.33. The van der Waals surface area contributed by atoms with Gasteiger partial charge in [-0.15, -0.1) is 0 Å². The van der Waals surface area contributed by atoms with Crippen LogP contribution in [0.2, 0.25) is 5.15 Å². The molecule has 0 fully saturated rings. The van der Waals surface area contributed by atoms with Gasteiger partial charge in [-0.25, -0.2) is 9.97 Å². The number of halogens is 1. The van der Waals surface area contributed by atoms with Crippen LogP contribution in [0.4, 0.5) is 5.82 Å². The van der Waals surface area contributed by atoms with Gasteiger partial charge in [0.15, 0.2) is 0 Å². The number of carbonyl (C=O) groups excluding carboxylic acids is 1. The number of aryl methyl sites for hydroxylation is 1. The van der Waals surface area contributed by atoms with Crippen molar-refractivity contribution in [2.75, 3.05) is 18.4 Å². The van der Waals surface area contributed by atoms with E-state index in [1.807, 2.05) is 6.92 Å². The third-order valence-electron chi connectivity index (χ3n) is 2.73. The maximum Gasteiger partial charge on any atom is 0.239 e. The van der Waals surface area contributed by atoms with Crippen molar-refractivity contribution in [1.82, 2.24) is 15.3 Å². The van der Waals surface area contributed by atoms with Gasteiger partial charge in [0.1, 0.15) is 16.8 Å². The van der Waals surface area contributed by atoms with Gasteiger partial charge in [-0.1, -0.05) is 32.4 Å². The fourth-order valence-electron chi connectivity index (χ4n) is 1.58. The first kappa shape index (κ1) is 16.7. The molecular formula is C14H23ClN4O. The average molecular weight is 299 g/mol. The summed E-state index contributed by atoms with van der Waals surface area (Å²) in [5.74, 6) is 1.72. The number of amides is 1. The van der Waals surface area contributed by atoms with Crippen LogP contribution >= 0.6 is 11.6 Å². The summed E-state index contributed by atoms with van der Waals surface area (Å²) in [6.45, 7) is 8.87. The van der Waals surface area contributed by atoms with Crippen LogP contribution in [-0.4, -0.2) is 29.0 Å². The number of hydrogen-bond acceptors (Lipinski definition) is 4. The Kier molecular flexibility index (Phi) is 6.71. The van der Waals surface area contributed by atoms with Crippen molar-refractivity contribution in [2.24, 2.45) is 5.92 Å². The van der Waals surface area contributed by atoms with Crippen molar-refractivity contribution in [3.63, 3.8) is 0 Å². The minimum Gasteiger partial charge on any atom is -0.361 e. The highest BCUT2D eigenvalue weighted by molar-refractivity contribution is 6.30. The Hall–Kier alpha value is -1.36. The number of anilines is 1. The molecule has 0 saturated carbocycles. The fourth-order valence-corrected chi connectivity index (χ4v) is 1.77. The first-order valence-corrected chi connectivity index (χ1v) is 7.35. The van der Waals surface area contributed by atoms with E-state index in [0.29, 0.717) is 29.3 Å². The van der Waals surface area contributed by atoms with Crippen LogP contribution in [0.25, 0.3) is 0 Å². The van der Waals surface area contributed by atoms with Gasteiger partial charge >= 0.3 is 0 Å². The first-order valence-electron chi connectivity index (χ1n) is 6.97. The smallest absolute Gasteiger partial charge is 0.239 e. The van der Waals surface area contributed by atoms with Gasteiger partial charge in [-0.05, 0) is 19.3 Å². The molecule has 6 heteroatoms. The number of rotatable bonds is 7. The molecule has 0 aromatic carbocycles. The maximum atomic E-state index is 11.7. The van der Waals surface area contributed by atoms with Crippen molar-refractivity contribution >= 4 is 23.3 Å². The lowest BCUT2D eigenvalue weighted by Gasteiger charge is -2.12. The van der Waals surface area contributed by atoms with Crippen LogP contribution in [0.1, 0.15) is 38.6 Å². The second kappa shape index (κ2) is 8.04. The summed E-state index contributed by atoms with van der Waals surface area (Å²) >= 11 is 6.08. The van der Waals surface area contributed by atoms with E-state index in [4.69, 9.17) is 11.6 Å². The number of nitrogens with zero attached hydrogens (tertiary/aromatic N) is 2. The largest absolute Gasteiger partial charge is 0.361 e. The molecule has 1 heterocycles. The summed E-state index contributed by atoms with van der Waals surface area (Å²) in [6.07, 6.45) is 1.72. The van der Waals surface area contributed by atoms with E-state index in [2.05, 4.69) is 41.4 Å². The van der Waals surface area contributed by atoms with Gasteiger partial charge in [-0.3, -0.25) is 4.79 Å². The quantitative estimate of drug-likeness (QED) is 0.759. The van der Waals surface area contributed by atoms with E-state index in [1.54, 1.807) is 0 Å². The van der Waals surface area contributed by atoms with Crippen molar-refractivity contribution in [3.05, 3.63) is 16.5 Å². The molecule has 0 atom stereocenters. The normalized spacial score (nSPS) is 10.7. The Morgan fingerprint density at radius 2 is 2.05 bits per heavy atom. The molecule has 1 amide bonds. The van der Waals surface area contributed by atoms with Gasteiger partial charge in [0.2, 0.25) is 5.91 Å². The van der Waals surface area contributed by atoms with E-state index in [-0.39, 0.29) is 12.5 Å². The Labute approximate surface area is 125 Å². The van der Waals surface area contributed by atoms with Crippen molar-refractivity contribution in [2.45, 2.75) is 40.5 Å². The molecule has 0 aliphatic carbocycles. The first-order chi connectivity index (χ1) is 9.43. The summed E-state index contributed by atoms with van der Waals surface area (Å²) in [4.78, 5) is 20.3. The second-order valence-electron chi connectivity index (χ2n) is 5.21. The van der Waals surface area contributed by atoms with Gasteiger partial charge < -0.3 is 10.6 Å². The highest BCUT2D eigenvalue weighted by Crippen LogP contribution is 2.20. The van der Waals surface area contributed by atoms with Crippen LogP contribution in [0.5, 0.6) is 0 Å². The van der Waals surface area contributed by atoms with E-state index < -0.39 is 0 Å².